The van der Waals surface area contributed by atoms with Gasteiger partial charge in [-0.2, -0.15) is 0 Å². The number of carbonyl (C=O) groups excluding carboxylic acids is 1. The first-order valence-electron chi connectivity index (χ1n) is 4.39. The molecule has 0 saturated carbocycles. The minimum Gasteiger partial charge on any atom is -0.315 e. The van der Waals surface area contributed by atoms with Crippen LogP contribution in [0.3, 0.4) is 0 Å². The Kier molecular flexibility index (Phi) is 2.65. The number of carbonyl (C=O) groups is 1. The monoisotopic (exact) mass is 257 g/mol. The molecule has 1 saturated heterocycles. The summed E-state index contributed by atoms with van der Waals surface area (Å²) in [6.45, 7) is 1.32. The van der Waals surface area contributed by atoms with Gasteiger partial charge in [-0.25, -0.2) is 4.39 Å². The maximum atomic E-state index is 13.5. The molecule has 14 heavy (non-hydrogen) atoms. The highest BCUT2D eigenvalue weighted by Gasteiger charge is 2.28. The van der Waals surface area contributed by atoms with Crippen LogP contribution >= 0.6 is 15.9 Å². The molecule has 1 heterocycles. The third kappa shape index (κ3) is 1.60. The zero-order chi connectivity index (χ0) is 10.1. The summed E-state index contributed by atoms with van der Waals surface area (Å²) in [7, 11) is 0. The molecule has 1 aromatic carbocycles. The van der Waals surface area contributed by atoms with Crippen LogP contribution in [0.2, 0.25) is 0 Å². The zero-order valence-corrected chi connectivity index (χ0v) is 8.97. The Balaban J connectivity index is 2.31. The summed E-state index contributed by atoms with van der Waals surface area (Å²) < 4.78 is 13.8. The lowest BCUT2D eigenvalue weighted by molar-refractivity contribution is 0.0873. The predicted molar refractivity (Wildman–Crippen MR) is 54.8 cm³/mol. The number of hydrogen-bond donors (Lipinski definition) is 1. The lowest BCUT2D eigenvalue weighted by Gasteiger charge is -2.25. The number of Topliss-reactive ketones (excluding diaryl/α,β-unsaturated/α-hetero) is 1. The molecular formula is C10H9BrFNO. The molecule has 4 heteroatoms. The number of benzene rings is 1. The average molecular weight is 258 g/mol. The van der Waals surface area contributed by atoms with E-state index in [9.17, 15) is 9.18 Å². The second kappa shape index (κ2) is 3.79. The molecule has 0 spiro atoms. The molecule has 1 aromatic rings. The predicted octanol–water partition coefficient (Wildman–Crippen LogP) is 1.99. The molecule has 0 amide bonds. The van der Waals surface area contributed by atoms with E-state index in [0.717, 1.165) is 0 Å². The fourth-order valence-corrected chi connectivity index (χ4v) is 1.75. The Morgan fingerprint density at radius 3 is 2.79 bits per heavy atom. The first-order valence-corrected chi connectivity index (χ1v) is 5.18. The van der Waals surface area contributed by atoms with E-state index >= 15 is 0 Å². The van der Waals surface area contributed by atoms with Gasteiger partial charge in [0.05, 0.1) is 10.0 Å². The van der Waals surface area contributed by atoms with Crippen molar-refractivity contribution in [1.29, 1.82) is 0 Å². The number of halogens is 2. The lowest BCUT2D eigenvalue weighted by Crippen LogP contribution is -2.46. The fourth-order valence-electron chi connectivity index (χ4n) is 1.39. The van der Waals surface area contributed by atoms with Gasteiger partial charge in [0, 0.05) is 19.0 Å². The molecule has 0 bridgehead atoms. The van der Waals surface area contributed by atoms with Crippen molar-refractivity contribution in [3.63, 3.8) is 0 Å². The highest BCUT2D eigenvalue weighted by Crippen LogP contribution is 2.22. The largest absolute Gasteiger partial charge is 0.315 e. The molecule has 1 fully saturated rings. The van der Waals surface area contributed by atoms with Crippen molar-refractivity contribution < 1.29 is 9.18 Å². The van der Waals surface area contributed by atoms with Gasteiger partial charge in [-0.3, -0.25) is 4.79 Å². The molecule has 2 rings (SSSR count). The summed E-state index contributed by atoms with van der Waals surface area (Å²) in [5.74, 6) is -0.620. The van der Waals surface area contributed by atoms with Gasteiger partial charge in [-0.15, -0.1) is 0 Å². The van der Waals surface area contributed by atoms with Crippen LogP contribution in [0.25, 0.3) is 0 Å². The minimum absolute atomic E-state index is 0.0567. The van der Waals surface area contributed by atoms with Gasteiger partial charge in [0.1, 0.15) is 5.82 Å². The van der Waals surface area contributed by atoms with E-state index in [1.165, 1.54) is 6.07 Å². The lowest BCUT2D eigenvalue weighted by atomic mass is 9.92. The van der Waals surface area contributed by atoms with Crippen LogP contribution < -0.4 is 5.32 Å². The standard InChI is InChI=1S/C10H9BrFNO/c11-8-3-1-2-7(9(8)12)10(14)6-4-13-5-6/h1-3,6,13H,4-5H2. The summed E-state index contributed by atoms with van der Waals surface area (Å²) in [4.78, 5) is 11.7. The normalized spacial score (nSPS) is 16.4. The quantitative estimate of drug-likeness (QED) is 0.822. The Morgan fingerprint density at radius 1 is 1.50 bits per heavy atom. The smallest absolute Gasteiger partial charge is 0.171 e. The summed E-state index contributed by atoms with van der Waals surface area (Å²) >= 11 is 3.06. The van der Waals surface area contributed by atoms with Crippen LogP contribution in [0.5, 0.6) is 0 Å². The third-order valence-electron chi connectivity index (χ3n) is 2.37. The number of hydrogen-bond acceptors (Lipinski definition) is 2. The third-order valence-corrected chi connectivity index (χ3v) is 2.98. The molecule has 74 valence electrons. The van der Waals surface area contributed by atoms with Crippen molar-refractivity contribution in [2.24, 2.45) is 5.92 Å². The van der Waals surface area contributed by atoms with E-state index < -0.39 is 5.82 Å². The van der Waals surface area contributed by atoms with Gasteiger partial charge in [0.15, 0.2) is 5.78 Å². The number of ketones is 1. The van der Waals surface area contributed by atoms with Crippen LogP contribution in [0, 0.1) is 11.7 Å². The molecule has 0 aromatic heterocycles. The fraction of sp³-hybridized carbons (Fsp3) is 0.300. The highest BCUT2D eigenvalue weighted by atomic mass is 79.9. The van der Waals surface area contributed by atoms with Crippen molar-refractivity contribution in [1.82, 2.24) is 5.32 Å². The average Bonchev–Trinajstić information content (AvgIpc) is 2.06. The number of rotatable bonds is 2. The van der Waals surface area contributed by atoms with Crippen molar-refractivity contribution in [3.05, 3.63) is 34.1 Å². The topological polar surface area (TPSA) is 29.1 Å². The highest BCUT2D eigenvalue weighted by molar-refractivity contribution is 9.10. The van der Waals surface area contributed by atoms with Crippen molar-refractivity contribution in [2.75, 3.05) is 13.1 Å². The molecule has 1 aliphatic heterocycles. The summed E-state index contributed by atoms with van der Waals surface area (Å²) in [6.07, 6.45) is 0. The second-order valence-corrected chi connectivity index (χ2v) is 4.18. The summed E-state index contributed by atoms with van der Waals surface area (Å²) in [6, 6.07) is 4.79. The van der Waals surface area contributed by atoms with Gasteiger partial charge < -0.3 is 5.32 Å². The molecule has 0 atom stereocenters. The Hall–Kier alpha value is -0.740. The Bertz CT molecular complexity index is 376. The van der Waals surface area contributed by atoms with Crippen LogP contribution in [0.15, 0.2) is 22.7 Å². The molecular weight excluding hydrogens is 249 g/mol. The molecule has 0 unspecified atom stereocenters. The van der Waals surface area contributed by atoms with Gasteiger partial charge >= 0.3 is 0 Å². The van der Waals surface area contributed by atoms with E-state index in [-0.39, 0.29) is 17.3 Å². The van der Waals surface area contributed by atoms with E-state index in [1.807, 2.05) is 0 Å². The Morgan fingerprint density at radius 2 is 2.21 bits per heavy atom. The summed E-state index contributed by atoms with van der Waals surface area (Å²) in [5.41, 5.74) is 0.186. The molecule has 1 aliphatic rings. The van der Waals surface area contributed by atoms with Crippen molar-refractivity contribution in [2.45, 2.75) is 0 Å². The molecule has 0 radical (unpaired) electrons. The van der Waals surface area contributed by atoms with Crippen LogP contribution in [-0.4, -0.2) is 18.9 Å². The van der Waals surface area contributed by atoms with Crippen LogP contribution in [0.4, 0.5) is 4.39 Å². The molecule has 1 N–H and O–H groups in total. The van der Waals surface area contributed by atoms with E-state index in [2.05, 4.69) is 21.2 Å². The number of nitrogens with one attached hydrogen (secondary N) is 1. The van der Waals surface area contributed by atoms with Crippen molar-refractivity contribution in [3.8, 4) is 0 Å². The summed E-state index contributed by atoms with van der Waals surface area (Å²) in [5, 5.41) is 2.99. The van der Waals surface area contributed by atoms with E-state index in [4.69, 9.17) is 0 Å². The van der Waals surface area contributed by atoms with Gasteiger partial charge in [0.25, 0.3) is 0 Å². The molecule has 2 nitrogen and oxygen atoms in total. The maximum absolute atomic E-state index is 13.5. The van der Waals surface area contributed by atoms with Gasteiger partial charge in [-0.1, -0.05) is 6.07 Å². The van der Waals surface area contributed by atoms with Gasteiger partial charge in [0.2, 0.25) is 0 Å². The SMILES string of the molecule is O=C(c1cccc(Br)c1F)C1CNC1. The molecule has 0 aliphatic carbocycles. The van der Waals surface area contributed by atoms with Crippen LogP contribution in [-0.2, 0) is 0 Å². The van der Waals surface area contributed by atoms with Crippen molar-refractivity contribution >= 4 is 21.7 Å². The van der Waals surface area contributed by atoms with E-state index in [1.54, 1.807) is 12.1 Å². The van der Waals surface area contributed by atoms with Gasteiger partial charge in [-0.05, 0) is 28.1 Å². The van der Waals surface area contributed by atoms with E-state index in [0.29, 0.717) is 17.6 Å². The maximum Gasteiger partial charge on any atom is 0.171 e. The first kappa shape index (κ1) is 9.80. The Labute approximate surface area is 89.6 Å². The first-order chi connectivity index (χ1) is 6.70. The zero-order valence-electron chi connectivity index (χ0n) is 7.39. The minimum atomic E-state index is -0.454. The second-order valence-electron chi connectivity index (χ2n) is 3.32. The van der Waals surface area contributed by atoms with Crippen LogP contribution in [0.1, 0.15) is 10.4 Å².